The summed E-state index contributed by atoms with van der Waals surface area (Å²) in [5.41, 5.74) is 0. The summed E-state index contributed by atoms with van der Waals surface area (Å²) in [6.45, 7) is 1.04. The van der Waals surface area contributed by atoms with E-state index in [1.165, 1.54) is 20.8 Å². The molecule has 0 radical (unpaired) electrons. The molecule has 0 aromatic heterocycles. The molecule has 5 heterocycles. The molecule has 0 aromatic rings. The Bertz CT molecular complexity index is 1540. The van der Waals surface area contributed by atoms with E-state index in [-0.39, 0.29) is 0 Å². The molecule has 68 heavy (non-hydrogen) atoms. The van der Waals surface area contributed by atoms with Crippen LogP contribution in [0, 0.1) is 0 Å². The zero-order valence-electron chi connectivity index (χ0n) is 37.6. The van der Waals surface area contributed by atoms with Gasteiger partial charge in [0.2, 0.25) is 5.91 Å². The Morgan fingerprint density at radius 2 is 1.00 bits per heavy atom. The first-order chi connectivity index (χ1) is 32.0. The highest BCUT2D eigenvalue weighted by molar-refractivity contribution is 5.73. The lowest BCUT2D eigenvalue weighted by Gasteiger charge is -2.52. The van der Waals surface area contributed by atoms with Gasteiger partial charge in [-0.05, 0) is 20.8 Å². The van der Waals surface area contributed by atoms with E-state index in [0.717, 1.165) is 14.0 Å². The fraction of sp³-hybridized carbons (Fsp3) is 0.974. The Balaban J connectivity index is 1.58. The highest BCUT2D eigenvalue weighted by Crippen LogP contribution is 2.38. The lowest BCUT2D eigenvalue weighted by molar-refractivity contribution is -0.399. The molecule has 0 aliphatic carbocycles. The number of nitrogens with one attached hydrogen (secondary N) is 1. The van der Waals surface area contributed by atoms with Crippen molar-refractivity contribution in [1.82, 2.24) is 5.32 Å². The van der Waals surface area contributed by atoms with Gasteiger partial charge in [0.05, 0.1) is 44.7 Å². The third-order valence-corrected chi connectivity index (χ3v) is 12.6. The Labute approximate surface area is 388 Å². The fourth-order valence-corrected chi connectivity index (χ4v) is 8.52. The van der Waals surface area contributed by atoms with Crippen LogP contribution < -0.4 is 5.32 Å². The topological polar surface area (TPSA) is 454 Å². The molecule has 5 fully saturated rings. The number of carbonyl (C=O) groups is 1. The summed E-state index contributed by atoms with van der Waals surface area (Å²) in [5, 5.41) is 174. The summed E-state index contributed by atoms with van der Waals surface area (Å²) in [6, 6.07) is -1.84. The van der Waals surface area contributed by atoms with Crippen molar-refractivity contribution in [3.63, 3.8) is 0 Å². The molecule has 29 nitrogen and oxygen atoms in total. The lowest BCUT2D eigenvalue weighted by atomic mass is 9.93. The summed E-state index contributed by atoms with van der Waals surface area (Å²) in [4.78, 5) is 13.1. The molecule has 398 valence electrons. The van der Waals surface area contributed by atoms with Gasteiger partial charge in [-0.3, -0.25) is 4.79 Å². The average Bonchev–Trinajstić information content (AvgIpc) is 3.30. The molecular weight excluding hydrogens is 930 g/mol. The van der Waals surface area contributed by atoms with Gasteiger partial charge in [-0.25, -0.2) is 0 Å². The minimum atomic E-state index is -2.14. The third-order valence-electron chi connectivity index (χ3n) is 12.6. The van der Waals surface area contributed by atoms with Gasteiger partial charge in [0, 0.05) is 14.0 Å². The van der Waals surface area contributed by atoms with Gasteiger partial charge < -0.3 is 139 Å². The van der Waals surface area contributed by atoms with E-state index in [1.54, 1.807) is 0 Å². The van der Waals surface area contributed by atoms with E-state index in [9.17, 15) is 86.5 Å². The van der Waals surface area contributed by atoms with Gasteiger partial charge in [0.15, 0.2) is 31.5 Å². The largest absolute Gasteiger partial charge is 0.394 e. The van der Waals surface area contributed by atoms with Crippen LogP contribution in [0.25, 0.3) is 0 Å². The van der Waals surface area contributed by atoms with Crippen LogP contribution in [-0.2, 0) is 56.9 Å². The van der Waals surface area contributed by atoms with E-state index >= 15 is 0 Å². The van der Waals surface area contributed by atoms with Gasteiger partial charge in [-0.15, -0.1) is 0 Å². The lowest BCUT2D eigenvalue weighted by Crippen LogP contribution is -2.71. The van der Waals surface area contributed by atoms with Crippen LogP contribution in [0.1, 0.15) is 27.7 Å². The number of methoxy groups -OCH3 is 1. The highest BCUT2D eigenvalue weighted by atomic mass is 16.8. The number of carbonyl (C=O) groups excluding carboxylic acids is 1. The van der Waals surface area contributed by atoms with Crippen LogP contribution in [0.4, 0.5) is 0 Å². The smallest absolute Gasteiger partial charge is 0.217 e. The van der Waals surface area contributed by atoms with Crippen LogP contribution >= 0.6 is 0 Å². The minimum absolute atomic E-state index is 0.785. The molecule has 5 aliphatic rings. The molecule has 0 bridgehead atoms. The number of hydrogen-bond acceptors (Lipinski definition) is 28. The second kappa shape index (κ2) is 24.9. The van der Waals surface area contributed by atoms with Crippen molar-refractivity contribution in [2.45, 2.75) is 206 Å². The van der Waals surface area contributed by atoms with Crippen LogP contribution in [0.15, 0.2) is 0 Å². The summed E-state index contributed by atoms with van der Waals surface area (Å²) < 4.78 is 64.3. The van der Waals surface area contributed by atoms with Gasteiger partial charge in [0.1, 0.15) is 128 Å². The fourth-order valence-electron chi connectivity index (χ4n) is 8.52. The van der Waals surface area contributed by atoms with E-state index in [2.05, 4.69) is 5.32 Å². The Morgan fingerprint density at radius 1 is 0.529 bits per heavy atom. The molecular formula is C39H69NO28. The van der Waals surface area contributed by atoms with Crippen LogP contribution in [0.2, 0.25) is 0 Å². The van der Waals surface area contributed by atoms with Gasteiger partial charge in [0.25, 0.3) is 0 Å². The minimum Gasteiger partial charge on any atom is -0.394 e. The number of amides is 1. The highest BCUT2D eigenvalue weighted by Gasteiger charge is 2.58. The molecule has 0 saturated carbocycles. The van der Waals surface area contributed by atoms with Crippen molar-refractivity contribution < 1.29 is 139 Å². The molecule has 29 heteroatoms. The molecule has 29 atom stereocenters. The summed E-state index contributed by atoms with van der Waals surface area (Å²) in [7, 11) is 1.14. The van der Waals surface area contributed by atoms with E-state index in [4.69, 9.17) is 52.1 Å². The first-order valence-corrected chi connectivity index (χ1v) is 22.0. The third kappa shape index (κ3) is 12.4. The molecule has 5 saturated heterocycles. The molecule has 29 unspecified atom stereocenters. The molecule has 0 aromatic carbocycles. The van der Waals surface area contributed by atoms with Gasteiger partial charge in [-0.1, -0.05) is 0 Å². The number of hydrogen-bond donors (Lipinski definition) is 17. The van der Waals surface area contributed by atoms with Gasteiger partial charge >= 0.3 is 0 Å². The quantitative estimate of drug-likeness (QED) is 0.0571. The number of ether oxygens (including phenoxy) is 11. The van der Waals surface area contributed by atoms with E-state index in [1.807, 2.05) is 0 Å². The van der Waals surface area contributed by atoms with Gasteiger partial charge in [-0.2, -0.15) is 0 Å². The maximum absolute atomic E-state index is 13.1. The average molecular weight is 1000 g/mol. The zero-order valence-corrected chi connectivity index (χ0v) is 37.6. The first-order valence-electron chi connectivity index (χ1n) is 22.0. The molecule has 5 aliphatic heterocycles. The van der Waals surface area contributed by atoms with Crippen LogP contribution in [0.5, 0.6) is 0 Å². The Morgan fingerprint density at radius 3 is 1.49 bits per heavy atom. The maximum atomic E-state index is 13.1. The van der Waals surface area contributed by atoms with Crippen molar-refractivity contribution in [1.29, 1.82) is 0 Å². The molecule has 0 spiro atoms. The second-order valence-electron chi connectivity index (χ2n) is 17.4. The Hall–Kier alpha value is -1.61. The first kappa shape index (κ1) is 57.3. The predicted molar refractivity (Wildman–Crippen MR) is 214 cm³/mol. The Kier molecular flexibility index (Phi) is 21.0. The summed E-state index contributed by atoms with van der Waals surface area (Å²) in [6.07, 6.45) is -50.6. The van der Waals surface area contributed by atoms with Crippen LogP contribution in [0.3, 0.4) is 0 Å². The summed E-state index contributed by atoms with van der Waals surface area (Å²) >= 11 is 0. The number of rotatable bonds is 19. The van der Waals surface area contributed by atoms with Crippen LogP contribution in [-0.4, -0.2) is 299 Å². The number of aliphatic hydroxyl groups excluding tert-OH is 16. The normalized spacial score (nSPS) is 47.8. The van der Waals surface area contributed by atoms with Crippen molar-refractivity contribution in [3.05, 3.63) is 0 Å². The standard InChI is InChI=1S/C39H69NO28/c1-10(45)19(47)30(16(8-43)58-5)64-38-29(57)33(23(51)15(7-42)61-38)67-35-18(40-13(4)46)32(31(17(9-44)63-35)65-36-27(55)24(52)20(48)11(2)59-36)66-39-34(26(54)22(50)14(6-41)62-39)68-37-28(56)25(53)21(49)12(3)60-37/h10-12,14-39,41-45,47-57H,6-9H2,1-5H3,(H,40,46). The van der Waals surface area contributed by atoms with E-state index in [0.29, 0.717) is 0 Å². The van der Waals surface area contributed by atoms with Crippen molar-refractivity contribution >= 4 is 5.91 Å². The molecule has 17 N–H and O–H groups in total. The second-order valence-corrected chi connectivity index (χ2v) is 17.4. The molecule has 5 rings (SSSR count). The SMILES string of the molecule is COC(CO)C(OC1OC(CO)C(O)C(OC2OC(CO)C(OC3OC(C)C(O)C(O)C3O)C(OC3OC(CO)C(O)C(O)C3OC3OC(C)C(O)C(O)C3O)C2NC(C)=O)C1O)C(O)C(C)O. The van der Waals surface area contributed by atoms with Crippen molar-refractivity contribution in [2.24, 2.45) is 0 Å². The van der Waals surface area contributed by atoms with E-state index < -0.39 is 210 Å². The summed E-state index contributed by atoms with van der Waals surface area (Å²) in [5.74, 6) is -0.878. The van der Waals surface area contributed by atoms with Crippen molar-refractivity contribution in [2.75, 3.05) is 33.5 Å². The van der Waals surface area contributed by atoms with Crippen molar-refractivity contribution in [3.8, 4) is 0 Å². The number of aliphatic hydroxyl groups is 16. The zero-order chi connectivity index (χ0) is 50.6. The monoisotopic (exact) mass is 999 g/mol. The molecule has 1 amide bonds. The predicted octanol–water partition coefficient (Wildman–Crippen LogP) is -10.6. The maximum Gasteiger partial charge on any atom is 0.217 e.